The molecule has 0 aliphatic heterocycles. The summed E-state index contributed by atoms with van der Waals surface area (Å²) in [6.07, 6.45) is 1.94. The fourth-order valence-corrected chi connectivity index (χ4v) is 4.08. The first kappa shape index (κ1) is 26.3. The van der Waals surface area contributed by atoms with Gasteiger partial charge in [0.2, 0.25) is 0 Å². The Morgan fingerprint density at radius 2 is 1.97 bits per heavy atom. The van der Waals surface area contributed by atoms with Gasteiger partial charge in [-0.25, -0.2) is 19.0 Å². The molecule has 0 spiro atoms. The SMILES string of the molecule is CCC(=O)c1ccc(F)c([C@H]2C[C@H]2NC(=O)Nc2ncccc2C#N)c1OC(=O)c1cccc(N(C)C)c1. The highest BCUT2D eigenvalue weighted by molar-refractivity contribution is 6.01. The lowest BCUT2D eigenvalue weighted by atomic mass is 9.99. The number of hydrogen-bond donors (Lipinski definition) is 2. The normalized spacial score (nSPS) is 15.7. The van der Waals surface area contributed by atoms with Gasteiger partial charge in [-0.15, -0.1) is 0 Å². The Morgan fingerprint density at radius 3 is 2.68 bits per heavy atom. The molecule has 38 heavy (non-hydrogen) atoms. The molecule has 1 fully saturated rings. The highest BCUT2D eigenvalue weighted by Gasteiger charge is 2.44. The first-order valence-electron chi connectivity index (χ1n) is 12.0. The number of aromatic nitrogens is 1. The zero-order chi connectivity index (χ0) is 27.4. The van der Waals surface area contributed by atoms with Gasteiger partial charge in [-0.2, -0.15) is 5.26 Å². The molecule has 9 nitrogen and oxygen atoms in total. The van der Waals surface area contributed by atoms with Crippen molar-refractivity contribution in [3.63, 3.8) is 0 Å². The molecule has 2 amide bonds. The van der Waals surface area contributed by atoms with Crippen LogP contribution in [0.25, 0.3) is 0 Å². The second-order valence-electron chi connectivity index (χ2n) is 9.01. The molecule has 1 aliphatic carbocycles. The van der Waals surface area contributed by atoms with E-state index in [0.29, 0.717) is 6.42 Å². The van der Waals surface area contributed by atoms with Crippen LogP contribution in [0, 0.1) is 17.1 Å². The number of esters is 1. The minimum atomic E-state index is -0.729. The van der Waals surface area contributed by atoms with Crippen LogP contribution in [0.1, 0.15) is 57.5 Å². The quantitative estimate of drug-likeness (QED) is 0.254. The topological polar surface area (TPSA) is 124 Å². The van der Waals surface area contributed by atoms with Crippen LogP contribution in [-0.4, -0.2) is 42.9 Å². The van der Waals surface area contributed by atoms with Gasteiger partial charge < -0.3 is 15.0 Å². The summed E-state index contributed by atoms with van der Waals surface area (Å²) < 4.78 is 20.9. The number of amides is 2. The van der Waals surface area contributed by atoms with Crippen molar-refractivity contribution in [2.45, 2.75) is 31.7 Å². The second-order valence-corrected chi connectivity index (χ2v) is 9.01. The lowest BCUT2D eigenvalue weighted by Crippen LogP contribution is -2.32. The molecule has 0 saturated heterocycles. The third-order valence-corrected chi connectivity index (χ3v) is 6.20. The summed E-state index contributed by atoms with van der Waals surface area (Å²) in [5, 5.41) is 14.4. The summed E-state index contributed by atoms with van der Waals surface area (Å²) in [7, 11) is 3.66. The van der Waals surface area contributed by atoms with Crippen LogP contribution in [0.15, 0.2) is 54.7 Å². The van der Waals surface area contributed by atoms with Crippen LogP contribution in [-0.2, 0) is 0 Å². The van der Waals surface area contributed by atoms with Gasteiger partial charge in [0.25, 0.3) is 0 Å². The molecule has 10 heteroatoms. The molecule has 1 saturated carbocycles. The number of ether oxygens (including phenoxy) is 1. The van der Waals surface area contributed by atoms with Gasteiger partial charge in [-0.1, -0.05) is 13.0 Å². The van der Waals surface area contributed by atoms with E-state index in [1.807, 2.05) is 31.1 Å². The summed E-state index contributed by atoms with van der Waals surface area (Å²) in [5.74, 6) is -2.25. The molecule has 4 rings (SSSR count). The number of rotatable bonds is 8. The van der Waals surface area contributed by atoms with Crippen LogP contribution >= 0.6 is 0 Å². The van der Waals surface area contributed by atoms with Crippen molar-refractivity contribution in [1.82, 2.24) is 10.3 Å². The number of anilines is 2. The number of nitriles is 1. The number of halogens is 1. The maximum Gasteiger partial charge on any atom is 0.343 e. The third kappa shape index (κ3) is 5.62. The maximum atomic E-state index is 15.2. The molecule has 1 aliphatic rings. The van der Waals surface area contributed by atoms with Crippen molar-refractivity contribution >= 4 is 29.3 Å². The Bertz CT molecular complexity index is 1450. The number of nitrogens with zero attached hydrogens (tertiary/aromatic N) is 3. The van der Waals surface area contributed by atoms with Gasteiger partial charge in [-0.3, -0.25) is 10.1 Å². The number of urea groups is 1. The predicted molar refractivity (Wildman–Crippen MR) is 139 cm³/mol. The van der Waals surface area contributed by atoms with E-state index in [1.165, 1.54) is 24.4 Å². The summed E-state index contributed by atoms with van der Waals surface area (Å²) in [4.78, 5) is 44.1. The molecule has 1 aromatic heterocycles. The van der Waals surface area contributed by atoms with Crippen molar-refractivity contribution in [2.24, 2.45) is 0 Å². The van der Waals surface area contributed by atoms with E-state index in [4.69, 9.17) is 4.74 Å². The lowest BCUT2D eigenvalue weighted by Gasteiger charge is -2.17. The number of pyridine rings is 1. The number of nitrogens with one attached hydrogen (secondary N) is 2. The average molecular weight is 516 g/mol. The average Bonchev–Trinajstić information content (AvgIpc) is 3.66. The molecule has 1 heterocycles. The monoisotopic (exact) mass is 515 g/mol. The number of carbonyl (C=O) groups excluding carboxylic acids is 3. The van der Waals surface area contributed by atoms with Crippen molar-refractivity contribution in [3.8, 4) is 11.8 Å². The van der Waals surface area contributed by atoms with Crippen molar-refractivity contribution in [1.29, 1.82) is 5.26 Å². The number of ketones is 1. The van der Waals surface area contributed by atoms with E-state index in [0.717, 1.165) is 5.69 Å². The molecule has 3 aromatic rings. The Morgan fingerprint density at radius 1 is 1.18 bits per heavy atom. The minimum Gasteiger partial charge on any atom is -0.422 e. The summed E-state index contributed by atoms with van der Waals surface area (Å²) in [6.45, 7) is 1.66. The van der Waals surface area contributed by atoms with Crippen molar-refractivity contribution < 1.29 is 23.5 Å². The van der Waals surface area contributed by atoms with Crippen LogP contribution in [0.5, 0.6) is 5.75 Å². The van der Waals surface area contributed by atoms with Gasteiger partial charge in [0.1, 0.15) is 17.6 Å². The third-order valence-electron chi connectivity index (χ3n) is 6.20. The second kappa shape index (κ2) is 11.1. The van der Waals surface area contributed by atoms with E-state index >= 15 is 4.39 Å². The van der Waals surface area contributed by atoms with E-state index in [2.05, 4.69) is 15.6 Å². The molecule has 194 valence electrons. The standard InChI is InChI=1S/C28H26FN5O4/c1-4-23(35)19-10-11-21(29)24(25(19)38-27(36)16-7-5-9-18(13-16)34(2)3)20-14-22(20)32-28(37)33-26-17(15-30)8-6-12-31-26/h5-13,20,22H,4,14H2,1-3H3,(H2,31,32,33,37)/t20-,22+/m0/s1. The Kier molecular flexibility index (Phi) is 7.67. The summed E-state index contributed by atoms with van der Waals surface area (Å²) in [6, 6.07) is 13.2. The first-order valence-corrected chi connectivity index (χ1v) is 12.0. The molecular formula is C28H26FN5O4. The highest BCUT2D eigenvalue weighted by Crippen LogP contribution is 2.47. The van der Waals surface area contributed by atoms with Crippen molar-refractivity contribution in [2.75, 3.05) is 24.3 Å². The maximum absolute atomic E-state index is 15.2. The van der Waals surface area contributed by atoms with Crippen LogP contribution in [0.2, 0.25) is 0 Å². The molecule has 0 unspecified atom stereocenters. The van der Waals surface area contributed by atoms with Gasteiger partial charge in [0.15, 0.2) is 11.6 Å². The van der Waals surface area contributed by atoms with Crippen LogP contribution in [0.4, 0.5) is 20.7 Å². The fourth-order valence-electron chi connectivity index (χ4n) is 4.08. The Balaban J connectivity index is 1.59. The van der Waals surface area contributed by atoms with Crippen LogP contribution in [0.3, 0.4) is 0 Å². The fraction of sp³-hybridized carbons (Fsp3) is 0.250. The predicted octanol–water partition coefficient (Wildman–Crippen LogP) is 4.65. The first-order chi connectivity index (χ1) is 18.2. The van der Waals surface area contributed by atoms with E-state index < -0.39 is 29.8 Å². The highest BCUT2D eigenvalue weighted by atomic mass is 19.1. The van der Waals surface area contributed by atoms with Crippen molar-refractivity contribution in [3.05, 3.63) is 82.8 Å². The Labute approximate surface area is 219 Å². The zero-order valence-electron chi connectivity index (χ0n) is 21.1. The molecule has 2 N–H and O–H groups in total. The largest absolute Gasteiger partial charge is 0.422 e. The van der Waals surface area contributed by atoms with E-state index in [1.54, 1.807) is 31.2 Å². The van der Waals surface area contributed by atoms with E-state index in [-0.39, 0.29) is 46.0 Å². The molecule has 0 bridgehead atoms. The van der Waals surface area contributed by atoms with Gasteiger partial charge in [0, 0.05) is 49.9 Å². The number of Topliss-reactive ketones (excluding diaryl/α,β-unsaturated/α-hetero) is 1. The number of carbonyl (C=O) groups is 3. The van der Waals surface area contributed by atoms with Gasteiger partial charge in [-0.05, 0) is 48.9 Å². The van der Waals surface area contributed by atoms with Gasteiger partial charge >= 0.3 is 12.0 Å². The van der Waals surface area contributed by atoms with Gasteiger partial charge in [0.05, 0.1) is 16.7 Å². The Hall–Kier alpha value is -4.78. The van der Waals surface area contributed by atoms with E-state index in [9.17, 15) is 19.6 Å². The number of hydrogen-bond acceptors (Lipinski definition) is 7. The lowest BCUT2D eigenvalue weighted by molar-refractivity contribution is 0.0730. The minimum absolute atomic E-state index is 0.0577. The summed E-state index contributed by atoms with van der Waals surface area (Å²) in [5.41, 5.74) is 1.37. The zero-order valence-corrected chi connectivity index (χ0v) is 21.1. The smallest absolute Gasteiger partial charge is 0.343 e. The summed E-state index contributed by atoms with van der Waals surface area (Å²) >= 11 is 0. The molecular weight excluding hydrogens is 489 g/mol. The number of benzene rings is 2. The van der Waals surface area contributed by atoms with Crippen LogP contribution < -0.4 is 20.3 Å². The molecule has 0 radical (unpaired) electrons. The molecule has 2 atom stereocenters. The molecule has 2 aromatic carbocycles.